The summed E-state index contributed by atoms with van der Waals surface area (Å²) in [6, 6.07) is 21.0. The molecule has 0 fully saturated rings. The molecule has 2 heteroatoms. The van der Waals surface area contributed by atoms with Crippen LogP contribution in [0.2, 0.25) is 0 Å². The number of benzene rings is 2. The predicted octanol–water partition coefficient (Wildman–Crippen LogP) is 1.99. The molecule has 0 heterocycles. The van der Waals surface area contributed by atoms with Crippen LogP contribution in [-0.4, -0.2) is 17.8 Å². The van der Waals surface area contributed by atoms with Crippen molar-refractivity contribution in [3.8, 4) is 0 Å². The van der Waals surface area contributed by atoms with Crippen molar-refractivity contribution in [3.63, 3.8) is 0 Å². The number of hydrogen-bond donors (Lipinski definition) is 0. The van der Waals surface area contributed by atoms with Crippen molar-refractivity contribution in [2.45, 2.75) is 0 Å². The first-order valence-corrected chi connectivity index (χ1v) is 11.3. The fraction of sp³-hybridized carbons (Fsp3) is 0. The van der Waals surface area contributed by atoms with Crippen LogP contribution in [0.25, 0.3) is 0 Å². The SMILES string of the molecule is [S]=[Sn]([c]1ccccc1)[c]1ccccc1. The molecule has 0 atom stereocenters. The summed E-state index contributed by atoms with van der Waals surface area (Å²) in [4.78, 5) is 0. The van der Waals surface area contributed by atoms with Crippen LogP contribution < -0.4 is 7.16 Å². The molecule has 0 N–H and O–H groups in total. The monoisotopic (exact) mass is 306 g/mol. The van der Waals surface area contributed by atoms with Gasteiger partial charge in [0.25, 0.3) is 0 Å². The van der Waals surface area contributed by atoms with Gasteiger partial charge in [-0.2, -0.15) is 0 Å². The molecule has 0 aliphatic rings. The second kappa shape index (κ2) is 4.80. The Hall–Kier alpha value is -0.541. The summed E-state index contributed by atoms with van der Waals surface area (Å²) in [5.41, 5.74) is 0. The van der Waals surface area contributed by atoms with Crippen LogP contribution >= 0.6 is 9.29 Å². The first-order chi connectivity index (χ1) is 6.88. The maximum absolute atomic E-state index is 5.67. The quantitative estimate of drug-likeness (QED) is 0.765. The first kappa shape index (κ1) is 9.99. The van der Waals surface area contributed by atoms with Crippen LogP contribution in [0.15, 0.2) is 60.7 Å². The molecule has 14 heavy (non-hydrogen) atoms. The van der Waals surface area contributed by atoms with Crippen molar-refractivity contribution < 1.29 is 0 Å². The molecular formula is C12H10SSn. The summed E-state index contributed by atoms with van der Waals surface area (Å²) in [7, 11) is 5.67. The third-order valence-corrected chi connectivity index (χ3v) is 10.1. The van der Waals surface area contributed by atoms with E-state index >= 15 is 0 Å². The van der Waals surface area contributed by atoms with Gasteiger partial charge in [-0.15, -0.1) is 0 Å². The molecular weight excluding hydrogens is 295 g/mol. The molecule has 0 radical (unpaired) electrons. The molecule has 0 nitrogen and oxygen atoms in total. The van der Waals surface area contributed by atoms with Crippen LogP contribution in [0.4, 0.5) is 0 Å². The van der Waals surface area contributed by atoms with Crippen molar-refractivity contribution in [3.05, 3.63) is 60.7 Å². The summed E-state index contributed by atoms with van der Waals surface area (Å²) >= 11 is -1.92. The Labute approximate surface area is 94.5 Å². The van der Waals surface area contributed by atoms with Gasteiger partial charge in [0, 0.05) is 0 Å². The van der Waals surface area contributed by atoms with E-state index in [4.69, 9.17) is 9.29 Å². The zero-order chi connectivity index (χ0) is 9.80. The van der Waals surface area contributed by atoms with Crippen LogP contribution in [-0.2, 0) is 0 Å². The van der Waals surface area contributed by atoms with Gasteiger partial charge in [0.2, 0.25) is 0 Å². The van der Waals surface area contributed by atoms with Crippen molar-refractivity contribution in [1.29, 1.82) is 0 Å². The third-order valence-electron chi connectivity index (χ3n) is 2.07. The maximum atomic E-state index is 5.67. The van der Waals surface area contributed by atoms with Crippen LogP contribution in [0.5, 0.6) is 0 Å². The van der Waals surface area contributed by atoms with Crippen LogP contribution in [0, 0.1) is 0 Å². The van der Waals surface area contributed by atoms with E-state index in [1.54, 1.807) is 0 Å². The molecule has 2 rings (SSSR count). The van der Waals surface area contributed by atoms with E-state index in [1.165, 1.54) is 7.16 Å². The van der Waals surface area contributed by atoms with Gasteiger partial charge in [-0.3, -0.25) is 0 Å². The molecule has 2 aromatic rings. The summed E-state index contributed by atoms with van der Waals surface area (Å²) in [5, 5.41) is 0. The second-order valence-corrected chi connectivity index (χ2v) is 11.0. The zero-order valence-electron chi connectivity index (χ0n) is 7.68. The van der Waals surface area contributed by atoms with Gasteiger partial charge in [-0.05, 0) is 0 Å². The molecule has 0 unspecified atom stereocenters. The fourth-order valence-corrected chi connectivity index (χ4v) is 6.95. The van der Waals surface area contributed by atoms with Crippen molar-refractivity contribution >= 4 is 34.3 Å². The van der Waals surface area contributed by atoms with Gasteiger partial charge < -0.3 is 0 Å². The van der Waals surface area contributed by atoms with Gasteiger partial charge in [0.15, 0.2) is 0 Å². The minimum atomic E-state index is -1.92. The Balaban J connectivity index is 2.35. The van der Waals surface area contributed by atoms with Gasteiger partial charge >= 0.3 is 94.9 Å². The van der Waals surface area contributed by atoms with E-state index in [1.807, 2.05) is 12.1 Å². The molecule has 2 aromatic carbocycles. The van der Waals surface area contributed by atoms with E-state index in [0.29, 0.717) is 0 Å². The van der Waals surface area contributed by atoms with E-state index in [9.17, 15) is 0 Å². The zero-order valence-corrected chi connectivity index (χ0v) is 11.4. The predicted molar refractivity (Wildman–Crippen MR) is 65.5 cm³/mol. The van der Waals surface area contributed by atoms with Gasteiger partial charge in [-0.25, -0.2) is 0 Å². The van der Waals surface area contributed by atoms with Crippen LogP contribution in [0.3, 0.4) is 0 Å². The Morgan fingerprint density at radius 1 is 0.643 bits per heavy atom. The number of hydrogen-bond acceptors (Lipinski definition) is 1. The van der Waals surface area contributed by atoms with E-state index in [-0.39, 0.29) is 0 Å². The van der Waals surface area contributed by atoms with Crippen molar-refractivity contribution in [2.75, 3.05) is 0 Å². The molecule has 0 saturated carbocycles. The Morgan fingerprint density at radius 2 is 1.00 bits per heavy atom. The topological polar surface area (TPSA) is 0 Å². The van der Waals surface area contributed by atoms with E-state index < -0.39 is 17.8 Å². The van der Waals surface area contributed by atoms with E-state index in [0.717, 1.165) is 0 Å². The van der Waals surface area contributed by atoms with Gasteiger partial charge in [0.1, 0.15) is 0 Å². The van der Waals surface area contributed by atoms with Gasteiger partial charge in [-0.1, -0.05) is 0 Å². The first-order valence-electron chi connectivity index (χ1n) is 4.53. The standard InChI is InChI=1S/2C6H5.S.Sn/c2*1-2-4-6-5-3-1;;/h2*1-5H;;. The van der Waals surface area contributed by atoms with Crippen LogP contribution in [0.1, 0.15) is 0 Å². The number of rotatable bonds is 2. The second-order valence-electron chi connectivity index (χ2n) is 3.06. The summed E-state index contributed by atoms with van der Waals surface area (Å²) in [5.74, 6) is 0. The van der Waals surface area contributed by atoms with Crippen molar-refractivity contribution in [1.82, 2.24) is 0 Å². The average Bonchev–Trinajstić information content (AvgIpc) is 2.30. The molecule has 0 amide bonds. The molecule has 0 spiro atoms. The molecule has 0 bridgehead atoms. The molecule has 68 valence electrons. The molecule has 0 saturated heterocycles. The Bertz CT molecular complexity index is 381. The summed E-state index contributed by atoms with van der Waals surface area (Å²) in [6.45, 7) is 0. The Morgan fingerprint density at radius 3 is 1.36 bits per heavy atom. The van der Waals surface area contributed by atoms with E-state index in [2.05, 4.69) is 48.5 Å². The average molecular weight is 305 g/mol. The minimum absolute atomic E-state index is 1.39. The van der Waals surface area contributed by atoms with Gasteiger partial charge in [0.05, 0.1) is 0 Å². The summed E-state index contributed by atoms with van der Waals surface area (Å²) < 4.78 is 2.77. The normalized spacial score (nSPS) is 9.71. The molecule has 0 aliphatic carbocycles. The Kier molecular flexibility index (Phi) is 3.43. The molecule has 0 aromatic heterocycles. The van der Waals surface area contributed by atoms with Crippen molar-refractivity contribution in [2.24, 2.45) is 0 Å². The summed E-state index contributed by atoms with van der Waals surface area (Å²) in [6.07, 6.45) is 0. The molecule has 0 aliphatic heterocycles. The third kappa shape index (κ3) is 2.28. The fourth-order valence-electron chi connectivity index (χ4n) is 1.35.